The van der Waals surface area contributed by atoms with E-state index >= 15 is 0 Å². The highest BCUT2D eigenvalue weighted by molar-refractivity contribution is 5.77. The average Bonchev–Trinajstić information content (AvgIpc) is 2.40. The van der Waals surface area contributed by atoms with Crippen molar-refractivity contribution in [3.8, 4) is 0 Å². The van der Waals surface area contributed by atoms with Crippen molar-refractivity contribution in [2.24, 2.45) is 0 Å². The zero-order chi connectivity index (χ0) is 6.85. The normalized spacial score (nSPS) is 24.1. The molecule has 1 rings (SSSR count). The summed E-state index contributed by atoms with van der Waals surface area (Å²) >= 11 is 0. The van der Waals surface area contributed by atoms with Crippen molar-refractivity contribution < 1.29 is 14.3 Å². The molecule has 0 amide bonds. The number of rotatable bonds is 2. The van der Waals surface area contributed by atoms with Gasteiger partial charge in [0, 0.05) is 0 Å². The molecule has 9 heavy (non-hydrogen) atoms. The Bertz CT molecular complexity index is 115. The van der Waals surface area contributed by atoms with Crippen molar-refractivity contribution in [2.75, 3.05) is 6.61 Å². The van der Waals surface area contributed by atoms with Crippen LogP contribution in [0.4, 0.5) is 0 Å². The van der Waals surface area contributed by atoms with Crippen molar-refractivity contribution in [3.05, 3.63) is 0 Å². The molecule has 1 atom stereocenters. The fraction of sp³-hybridized carbons (Fsp3) is 0.833. The van der Waals surface area contributed by atoms with Gasteiger partial charge in [-0.25, -0.2) is 4.79 Å². The lowest BCUT2D eigenvalue weighted by atomic mass is 10.4. The van der Waals surface area contributed by atoms with Crippen LogP contribution < -0.4 is 0 Å². The minimum absolute atomic E-state index is 0.0262. The van der Waals surface area contributed by atoms with E-state index in [4.69, 9.17) is 9.47 Å². The van der Waals surface area contributed by atoms with Crippen molar-refractivity contribution in [3.63, 3.8) is 0 Å². The molecule has 3 nitrogen and oxygen atoms in total. The van der Waals surface area contributed by atoms with Crippen LogP contribution in [0.15, 0.2) is 0 Å². The highest BCUT2D eigenvalue weighted by Gasteiger charge is 2.33. The number of carbonyl (C=O) groups is 1. The monoisotopic (exact) mass is 130 g/mol. The summed E-state index contributed by atoms with van der Waals surface area (Å²) in [5.41, 5.74) is 0. The van der Waals surface area contributed by atoms with E-state index < -0.39 is 0 Å². The fourth-order valence-electron chi connectivity index (χ4n) is 0.492. The van der Waals surface area contributed by atoms with Crippen LogP contribution in [-0.2, 0) is 14.3 Å². The second-order valence-electron chi connectivity index (χ2n) is 2.31. The maximum atomic E-state index is 10.7. The predicted molar refractivity (Wildman–Crippen MR) is 31.0 cm³/mol. The van der Waals surface area contributed by atoms with Crippen LogP contribution in [0.3, 0.4) is 0 Å². The Morgan fingerprint density at radius 1 is 1.78 bits per heavy atom. The first-order valence-corrected chi connectivity index (χ1v) is 3.02. The second-order valence-corrected chi connectivity index (χ2v) is 2.31. The largest absolute Gasteiger partial charge is 0.461 e. The second kappa shape index (κ2) is 2.35. The van der Waals surface area contributed by atoms with E-state index in [2.05, 4.69) is 0 Å². The zero-order valence-electron chi connectivity index (χ0n) is 5.59. The molecule has 0 aromatic carbocycles. The quantitative estimate of drug-likeness (QED) is 0.399. The molecule has 0 spiro atoms. The third-order valence-corrected chi connectivity index (χ3v) is 0.948. The maximum Gasteiger partial charge on any atom is 0.337 e. The van der Waals surface area contributed by atoms with Crippen molar-refractivity contribution in [2.45, 2.75) is 26.1 Å². The molecule has 0 unspecified atom stereocenters. The molecule has 0 aromatic heterocycles. The lowest BCUT2D eigenvalue weighted by Crippen LogP contribution is -2.16. The van der Waals surface area contributed by atoms with Gasteiger partial charge in [0.25, 0.3) is 0 Å². The summed E-state index contributed by atoms with van der Waals surface area (Å²) in [5, 5.41) is 0. The molecule has 1 fully saturated rings. The Morgan fingerprint density at radius 3 is 2.67 bits per heavy atom. The van der Waals surface area contributed by atoms with Crippen molar-refractivity contribution in [1.82, 2.24) is 0 Å². The molecule has 1 aliphatic rings. The molecule has 0 N–H and O–H groups in total. The van der Waals surface area contributed by atoms with Gasteiger partial charge in [-0.05, 0) is 13.8 Å². The van der Waals surface area contributed by atoms with Gasteiger partial charge in [-0.2, -0.15) is 0 Å². The SMILES string of the molecule is CC(C)OC(=O)[C@H]1CO1. The van der Waals surface area contributed by atoms with Gasteiger partial charge in [-0.15, -0.1) is 0 Å². The van der Waals surface area contributed by atoms with E-state index in [1.807, 2.05) is 13.8 Å². The minimum atomic E-state index is -0.257. The lowest BCUT2D eigenvalue weighted by molar-refractivity contribution is -0.148. The Morgan fingerprint density at radius 2 is 2.33 bits per heavy atom. The van der Waals surface area contributed by atoms with Gasteiger partial charge < -0.3 is 9.47 Å². The van der Waals surface area contributed by atoms with Crippen LogP contribution in [0.25, 0.3) is 0 Å². The van der Waals surface area contributed by atoms with Crippen LogP contribution >= 0.6 is 0 Å². The Labute approximate surface area is 53.9 Å². The number of esters is 1. The van der Waals surface area contributed by atoms with Gasteiger partial charge in [0.1, 0.15) is 0 Å². The van der Waals surface area contributed by atoms with Crippen LogP contribution in [0.5, 0.6) is 0 Å². The summed E-state index contributed by atoms with van der Waals surface area (Å²) in [5.74, 6) is -0.231. The molecule has 1 saturated heterocycles. The minimum Gasteiger partial charge on any atom is -0.461 e. The molecular formula is C6H10O3. The molecule has 0 aliphatic carbocycles. The molecule has 0 aromatic rings. The number of hydrogen-bond acceptors (Lipinski definition) is 3. The highest BCUT2D eigenvalue weighted by atomic mass is 16.6. The molecule has 1 aliphatic heterocycles. The summed E-state index contributed by atoms with van der Waals surface area (Å²) in [4.78, 5) is 10.7. The standard InChI is InChI=1S/C6H10O3/c1-4(2)9-6(7)5-3-8-5/h4-5H,3H2,1-2H3/t5-/m1/s1. The lowest BCUT2D eigenvalue weighted by Gasteiger charge is -2.04. The van der Waals surface area contributed by atoms with Gasteiger partial charge >= 0.3 is 5.97 Å². The van der Waals surface area contributed by atoms with Gasteiger partial charge in [0.2, 0.25) is 0 Å². The topological polar surface area (TPSA) is 38.8 Å². The number of hydrogen-bond donors (Lipinski definition) is 0. The molecule has 0 radical (unpaired) electrons. The predicted octanol–water partition coefficient (Wildman–Crippen LogP) is 0.337. The van der Waals surface area contributed by atoms with Gasteiger partial charge in [-0.1, -0.05) is 0 Å². The fourth-order valence-corrected chi connectivity index (χ4v) is 0.492. The Hall–Kier alpha value is -0.570. The molecule has 1 heterocycles. The highest BCUT2D eigenvalue weighted by Crippen LogP contribution is 2.11. The van der Waals surface area contributed by atoms with E-state index in [1.54, 1.807) is 0 Å². The van der Waals surface area contributed by atoms with Crippen LogP contribution in [-0.4, -0.2) is 24.8 Å². The summed E-state index contributed by atoms with van der Waals surface area (Å²) < 4.78 is 9.51. The summed E-state index contributed by atoms with van der Waals surface area (Å²) in [6.45, 7) is 4.17. The average molecular weight is 130 g/mol. The Balaban J connectivity index is 2.18. The smallest absolute Gasteiger partial charge is 0.337 e. The molecular weight excluding hydrogens is 120 g/mol. The van der Waals surface area contributed by atoms with E-state index in [9.17, 15) is 4.79 Å². The first-order valence-electron chi connectivity index (χ1n) is 3.02. The number of ether oxygens (including phenoxy) is 2. The Kier molecular flexibility index (Phi) is 1.71. The summed E-state index contributed by atoms with van der Waals surface area (Å²) in [7, 11) is 0. The first-order chi connectivity index (χ1) is 4.20. The summed E-state index contributed by atoms with van der Waals surface area (Å²) in [6.07, 6.45) is -0.283. The number of carbonyl (C=O) groups excluding carboxylic acids is 1. The molecule has 3 heteroatoms. The molecule has 0 bridgehead atoms. The van der Waals surface area contributed by atoms with E-state index in [-0.39, 0.29) is 18.2 Å². The molecule has 0 saturated carbocycles. The van der Waals surface area contributed by atoms with Crippen LogP contribution in [0.2, 0.25) is 0 Å². The van der Waals surface area contributed by atoms with Gasteiger partial charge in [0.15, 0.2) is 6.10 Å². The van der Waals surface area contributed by atoms with Crippen molar-refractivity contribution >= 4 is 5.97 Å². The van der Waals surface area contributed by atoms with Crippen LogP contribution in [0, 0.1) is 0 Å². The third-order valence-electron chi connectivity index (χ3n) is 0.948. The third kappa shape index (κ3) is 2.01. The van der Waals surface area contributed by atoms with Crippen LogP contribution in [0.1, 0.15) is 13.8 Å². The van der Waals surface area contributed by atoms with Gasteiger partial charge in [0.05, 0.1) is 12.7 Å². The van der Waals surface area contributed by atoms with E-state index in [1.165, 1.54) is 0 Å². The van der Waals surface area contributed by atoms with E-state index in [0.29, 0.717) is 6.61 Å². The molecule has 52 valence electrons. The maximum absolute atomic E-state index is 10.7. The van der Waals surface area contributed by atoms with Gasteiger partial charge in [-0.3, -0.25) is 0 Å². The van der Waals surface area contributed by atoms with E-state index in [0.717, 1.165) is 0 Å². The summed E-state index contributed by atoms with van der Waals surface area (Å²) in [6, 6.07) is 0. The first kappa shape index (κ1) is 6.55. The zero-order valence-corrected chi connectivity index (χ0v) is 5.59. The number of epoxide rings is 1. The van der Waals surface area contributed by atoms with Crippen molar-refractivity contribution in [1.29, 1.82) is 0 Å².